The van der Waals surface area contributed by atoms with Gasteiger partial charge in [0.05, 0.1) is 25.7 Å². The molecule has 1 unspecified atom stereocenters. The monoisotopic (exact) mass is 508 g/mol. The number of rotatable bonds is 14. The van der Waals surface area contributed by atoms with Crippen molar-refractivity contribution in [1.82, 2.24) is 5.32 Å². The van der Waals surface area contributed by atoms with E-state index >= 15 is 0 Å². The highest BCUT2D eigenvalue weighted by molar-refractivity contribution is 5.93. The minimum atomic E-state index is -0.414. The van der Waals surface area contributed by atoms with E-state index in [4.69, 9.17) is 9.47 Å². The Labute approximate surface area is 222 Å². The summed E-state index contributed by atoms with van der Waals surface area (Å²) < 4.78 is 10.8. The van der Waals surface area contributed by atoms with Crippen LogP contribution in [0.2, 0.25) is 0 Å². The normalized spacial score (nSPS) is 14.2. The van der Waals surface area contributed by atoms with Crippen molar-refractivity contribution in [3.63, 3.8) is 0 Å². The number of nitrogens with zero attached hydrogens (tertiary/aromatic N) is 1. The van der Waals surface area contributed by atoms with Crippen molar-refractivity contribution >= 4 is 17.6 Å². The molecule has 0 radical (unpaired) electrons. The van der Waals surface area contributed by atoms with Gasteiger partial charge in [0.15, 0.2) is 0 Å². The van der Waals surface area contributed by atoms with E-state index in [0.29, 0.717) is 24.5 Å². The van der Waals surface area contributed by atoms with E-state index in [1.54, 1.807) is 19.1 Å². The van der Waals surface area contributed by atoms with Crippen LogP contribution >= 0.6 is 0 Å². The van der Waals surface area contributed by atoms with Crippen molar-refractivity contribution in [3.05, 3.63) is 59.2 Å². The van der Waals surface area contributed by atoms with Crippen molar-refractivity contribution in [3.8, 4) is 5.75 Å². The molecular formula is C31H44N2O4. The fraction of sp³-hybridized carbons (Fsp3) is 0.548. The quantitative estimate of drug-likeness (QED) is 0.229. The van der Waals surface area contributed by atoms with Gasteiger partial charge in [-0.15, -0.1) is 0 Å². The highest BCUT2D eigenvalue weighted by atomic mass is 16.5. The van der Waals surface area contributed by atoms with Gasteiger partial charge in [-0.05, 0) is 68.9 Å². The molecule has 1 heterocycles. The maximum Gasteiger partial charge on any atom is 0.341 e. The summed E-state index contributed by atoms with van der Waals surface area (Å²) in [7, 11) is 0. The molecule has 0 aromatic heterocycles. The molecule has 2 aromatic carbocycles. The number of piperidine rings is 1. The van der Waals surface area contributed by atoms with Crippen molar-refractivity contribution in [1.29, 1.82) is 0 Å². The molecule has 3 rings (SSSR count). The molecule has 1 atom stereocenters. The minimum absolute atomic E-state index is 0.0275. The number of hydrogen-bond donors (Lipinski definition) is 1. The number of benzene rings is 2. The van der Waals surface area contributed by atoms with Crippen LogP contribution in [-0.4, -0.2) is 38.2 Å². The van der Waals surface area contributed by atoms with Crippen LogP contribution in [0.4, 0.5) is 5.69 Å². The summed E-state index contributed by atoms with van der Waals surface area (Å²) in [6, 6.07) is 13.8. The topological polar surface area (TPSA) is 67.9 Å². The largest absolute Gasteiger partial charge is 0.493 e. The number of ether oxygens (including phenoxy) is 2. The Morgan fingerprint density at radius 1 is 0.946 bits per heavy atom. The lowest BCUT2D eigenvalue weighted by atomic mass is 9.96. The first-order chi connectivity index (χ1) is 18.1. The summed E-state index contributed by atoms with van der Waals surface area (Å²) in [5.74, 6) is 0.0153. The molecule has 0 bridgehead atoms. The van der Waals surface area contributed by atoms with E-state index in [0.717, 1.165) is 31.5 Å². The van der Waals surface area contributed by atoms with Crippen molar-refractivity contribution in [2.45, 2.75) is 84.6 Å². The van der Waals surface area contributed by atoms with Gasteiger partial charge in [0.25, 0.3) is 0 Å². The number of unbranched alkanes of at least 4 members (excludes halogenated alkanes) is 3. The summed E-state index contributed by atoms with van der Waals surface area (Å²) in [6.07, 6.45) is 9.50. The molecule has 1 aliphatic rings. The van der Waals surface area contributed by atoms with Gasteiger partial charge in [-0.2, -0.15) is 0 Å². The average Bonchev–Trinajstić information content (AvgIpc) is 2.91. The lowest BCUT2D eigenvalue weighted by molar-refractivity contribution is -0.121. The Bertz CT molecular complexity index is 1000. The lowest BCUT2D eigenvalue weighted by Gasteiger charge is -2.33. The minimum Gasteiger partial charge on any atom is -0.493 e. The molecule has 37 heavy (non-hydrogen) atoms. The Morgan fingerprint density at radius 2 is 1.73 bits per heavy atom. The Hall–Kier alpha value is -3.02. The average molecular weight is 509 g/mol. The highest BCUT2D eigenvalue weighted by Gasteiger charge is 2.22. The van der Waals surface area contributed by atoms with Crippen molar-refractivity contribution < 1.29 is 19.1 Å². The molecule has 1 saturated heterocycles. The standard InChI is InChI=1S/C31H44N2O4/c1-4-7-8-10-16-27(25-15-11-12-17-28(25)33-20-13-9-14-21-33)32-30(34)23-24-18-19-26(31(35)37-6-3)29(22-24)36-5-2/h11-12,15,17-19,22,27H,4-10,13-14,16,20-21,23H2,1-3H3,(H,32,34). The summed E-state index contributed by atoms with van der Waals surface area (Å²) in [5.41, 5.74) is 3.66. The van der Waals surface area contributed by atoms with Gasteiger partial charge in [0, 0.05) is 18.8 Å². The lowest BCUT2D eigenvalue weighted by Crippen LogP contribution is -2.34. The number of anilines is 1. The number of para-hydroxylation sites is 1. The fourth-order valence-electron chi connectivity index (χ4n) is 5.05. The van der Waals surface area contributed by atoms with E-state index in [-0.39, 0.29) is 18.4 Å². The number of carbonyl (C=O) groups is 2. The van der Waals surface area contributed by atoms with E-state index in [1.165, 1.54) is 49.8 Å². The summed E-state index contributed by atoms with van der Waals surface area (Å²) in [4.78, 5) is 28.1. The number of carbonyl (C=O) groups excluding carboxylic acids is 2. The third-order valence-electron chi connectivity index (χ3n) is 6.90. The van der Waals surface area contributed by atoms with Crippen LogP contribution in [0.15, 0.2) is 42.5 Å². The molecule has 0 saturated carbocycles. The third-order valence-corrected chi connectivity index (χ3v) is 6.90. The summed E-state index contributed by atoms with van der Waals surface area (Å²) >= 11 is 0. The van der Waals surface area contributed by atoms with Crippen molar-refractivity contribution in [2.24, 2.45) is 0 Å². The van der Waals surface area contributed by atoms with Gasteiger partial charge in [0.1, 0.15) is 11.3 Å². The first-order valence-electron chi connectivity index (χ1n) is 14.1. The molecule has 202 valence electrons. The number of amides is 1. The Kier molecular flexibility index (Phi) is 11.8. The zero-order chi connectivity index (χ0) is 26.5. The van der Waals surface area contributed by atoms with Gasteiger partial charge in [-0.25, -0.2) is 4.79 Å². The Morgan fingerprint density at radius 3 is 2.46 bits per heavy atom. The number of hydrogen-bond acceptors (Lipinski definition) is 5. The van der Waals surface area contributed by atoms with Crippen LogP contribution in [0.1, 0.15) is 99.7 Å². The first kappa shape index (κ1) is 28.5. The molecule has 6 heteroatoms. The predicted molar refractivity (Wildman–Crippen MR) is 149 cm³/mol. The van der Waals surface area contributed by atoms with E-state index < -0.39 is 5.97 Å². The second-order valence-electron chi connectivity index (χ2n) is 9.74. The third kappa shape index (κ3) is 8.51. The van der Waals surface area contributed by atoms with Crippen molar-refractivity contribution in [2.75, 3.05) is 31.2 Å². The van der Waals surface area contributed by atoms with Gasteiger partial charge in [0.2, 0.25) is 5.91 Å². The van der Waals surface area contributed by atoms with Crippen LogP contribution in [-0.2, 0) is 16.0 Å². The van der Waals surface area contributed by atoms with Crippen LogP contribution in [0.3, 0.4) is 0 Å². The molecule has 1 amide bonds. The highest BCUT2D eigenvalue weighted by Crippen LogP contribution is 2.32. The summed E-state index contributed by atoms with van der Waals surface area (Å²) in [6.45, 7) is 8.73. The van der Waals surface area contributed by atoms with E-state index in [2.05, 4.69) is 41.4 Å². The predicted octanol–water partition coefficient (Wildman–Crippen LogP) is 6.62. The molecule has 0 aliphatic carbocycles. The maximum absolute atomic E-state index is 13.3. The van der Waals surface area contributed by atoms with Crippen LogP contribution in [0.5, 0.6) is 5.75 Å². The number of esters is 1. The van der Waals surface area contributed by atoms with Gasteiger partial charge in [-0.3, -0.25) is 4.79 Å². The van der Waals surface area contributed by atoms with Gasteiger partial charge >= 0.3 is 5.97 Å². The molecule has 1 aliphatic heterocycles. The smallest absolute Gasteiger partial charge is 0.341 e. The molecule has 1 N–H and O–H groups in total. The van der Waals surface area contributed by atoms with Gasteiger partial charge in [-0.1, -0.05) is 56.9 Å². The zero-order valence-electron chi connectivity index (χ0n) is 22.9. The van der Waals surface area contributed by atoms with Crippen LogP contribution in [0.25, 0.3) is 0 Å². The first-order valence-corrected chi connectivity index (χ1v) is 14.1. The molecule has 2 aromatic rings. The maximum atomic E-state index is 13.3. The van der Waals surface area contributed by atoms with E-state index in [9.17, 15) is 9.59 Å². The van der Waals surface area contributed by atoms with E-state index in [1.807, 2.05) is 13.0 Å². The molecule has 1 fully saturated rings. The Balaban J connectivity index is 1.78. The van der Waals surface area contributed by atoms with Crippen LogP contribution in [0, 0.1) is 0 Å². The second-order valence-corrected chi connectivity index (χ2v) is 9.74. The molecule has 0 spiro atoms. The molecular weight excluding hydrogens is 464 g/mol. The zero-order valence-corrected chi connectivity index (χ0v) is 22.9. The van der Waals surface area contributed by atoms with Gasteiger partial charge < -0.3 is 19.7 Å². The second kappa shape index (κ2) is 15.3. The van der Waals surface area contributed by atoms with Crippen LogP contribution < -0.4 is 15.0 Å². The summed E-state index contributed by atoms with van der Waals surface area (Å²) in [5, 5.41) is 3.35. The fourth-order valence-corrected chi connectivity index (χ4v) is 5.05. The molecule has 6 nitrogen and oxygen atoms in total. The SMILES string of the molecule is CCCCCCC(NC(=O)Cc1ccc(C(=O)OCC)c(OCC)c1)c1ccccc1N1CCCCC1. The number of nitrogens with one attached hydrogen (secondary N) is 1.